The van der Waals surface area contributed by atoms with Crippen molar-refractivity contribution in [2.75, 3.05) is 23.3 Å². The van der Waals surface area contributed by atoms with Gasteiger partial charge in [-0.1, -0.05) is 25.1 Å². The maximum atomic E-state index is 12.5. The third-order valence-electron chi connectivity index (χ3n) is 6.82. The van der Waals surface area contributed by atoms with Crippen LogP contribution in [0.4, 0.5) is 11.5 Å². The molecule has 2 aromatic rings. The molecular weight excluding hydrogens is 386 g/mol. The third-order valence-corrected chi connectivity index (χ3v) is 6.82. The molecule has 0 radical (unpaired) electrons. The summed E-state index contributed by atoms with van der Waals surface area (Å²) in [4.78, 5) is 23.3. The number of anilines is 2. The van der Waals surface area contributed by atoms with E-state index in [0.29, 0.717) is 0 Å². The Morgan fingerprint density at radius 1 is 1.23 bits per heavy atom. The van der Waals surface area contributed by atoms with E-state index < -0.39 is 0 Å². The molecular formula is C25H29N5O. The number of aliphatic imine (C=N–C) groups is 1. The Labute approximate surface area is 183 Å². The number of nitrogens with one attached hydrogen (secondary N) is 2. The van der Waals surface area contributed by atoms with E-state index in [2.05, 4.69) is 64.8 Å². The van der Waals surface area contributed by atoms with Gasteiger partial charge >= 0.3 is 0 Å². The molecule has 5 rings (SSSR count). The van der Waals surface area contributed by atoms with E-state index in [4.69, 9.17) is 0 Å². The molecule has 0 aliphatic carbocycles. The molecule has 6 heteroatoms. The number of fused-ring (bicyclic) bond motifs is 1. The van der Waals surface area contributed by atoms with Gasteiger partial charge in [0.2, 0.25) is 5.91 Å². The summed E-state index contributed by atoms with van der Waals surface area (Å²) in [5, 5.41) is 7.05. The zero-order valence-electron chi connectivity index (χ0n) is 18.3. The van der Waals surface area contributed by atoms with Crippen molar-refractivity contribution < 1.29 is 4.79 Å². The Kier molecular flexibility index (Phi) is 5.10. The van der Waals surface area contributed by atoms with Crippen molar-refractivity contribution in [3.63, 3.8) is 0 Å². The van der Waals surface area contributed by atoms with E-state index in [1.807, 2.05) is 23.4 Å². The Morgan fingerprint density at radius 3 is 2.71 bits per heavy atom. The summed E-state index contributed by atoms with van der Waals surface area (Å²) in [6.45, 7) is 7.91. The summed E-state index contributed by atoms with van der Waals surface area (Å²) in [5.41, 5.74) is 5.89. The van der Waals surface area contributed by atoms with Crippen LogP contribution in [0.1, 0.15) is 56.0 Å². The summed E-state index contributed by atoms with van der Waals surface area (Å²) in [6.07, 6.45) is 7.12. The fraction of sp³-hybridized carbons (Fsp3) is 0.400. The van der Waals surface area contributed by atoms with E-state index in [1.165, 1.54) is 11.1 Å². The van der Waals surface area contributed by atoms with E-state index in [9.17, 15) is 4.79 Å². The first kappa shape index (κ1) is 19.9. The van der Waals surface area contributed by atoms with Gasteiger partial charge in [0.05, 0.1) is 6.04 Å². The molecule has 1 amide bonds. The number of carbonyl (C=O) groups excluding carboxylic acids is 1. The minimum absolute atomic E-state index is 0.0680. The fourth-order valence-electron chi connectivity index (χ4n) is 4.83. The Hall–Kier alpha value is -2.99. The van der Waals surface area contributed by atoms with Gasteiger partial charge in [-0.2, -0.15) is 0 Å². The van der Waals surface area contributed by atoms with Crippen molar-refractivity contribution in [1.82, 2.24) is 10.3 Å². The highest BCUT2D eigenvalue weighted by Gasteiger charge is 2.38. The van der Waals surface area contributed by atoms with E-state index in [-0.39, 0.29) is 30.0 Å². The maximum absolute atomic E-state index is 12.5. The molecule has 0 saturated heterocycles. The van der Waals surface area contributed by atoms with Crippen LogP contribution in [0.15, 0.2) is 47.6 Å². The van der Waals surface area contributed by atoms with Crippen molar-refractivity contribution in [2.45, 2.75) is 45.3 Å². The molecule has 3 aliphatic rings. The van der Waals surface area contributed by atoms with Gasteiger partial charge in [0, 0.05) is 49.1 Å². The van der Waals surface area contributed by atoms with Crippen LogP contribution < -0.4 is 15.5 Å². The molecule has 0 bridgehead atoms. The lowest BCUT2D eigenvalue weighted by Gasteiger charge is -2.44. The number of benzene rings is 1. The Balaban J connectivity index is 1.52. The molecule has 0 saturated carbocycles. The molecule has 4 atom stereocenters. The maximum Gasteiger partial charge on any atom is 0.224 e. The van der Waals surface area contributed by atoms with Crippen LogP contribution in [-0.4, -0.2) is 36.2 Å². The topological polar surface area (TPSA) is 69.6 Å². The predicted molar refractivity (Wildman–Crippen MR) is 126 cm³/mol. The fourth-order valence-corrected chi connectivity index (χ4v) is 4.83. The number of nitrogens with zero attached hydrogens (tertiary/aromatic N) is 3. The van der Waals surface area contributed by atoms with Crippen LogP contribution >= 0.6 is 0 Å². The van der Waals surface area contributed by atoms with Gasteiger partial charge in [0.25, 0.3) is 0 Å². The summed E-state index contributed by atoms with van der Waals surface area (Å²) in [5.74, 6) is 1.16. The van der Waals surface area contributed by atoms with Crippen molar-refractivity contribution in [3.8, 4) is 0 Å². The van der Waals surface area contributed by atoms with Crippen LogP contribution in [0, 0.1) is 5.92 Å². The Bertz CT molecular complexity index is 1050. The quantitative estimate of drug-likeness (QED) is 0.788. The van der Waals surface area contributed by atoms with Gasteiger partial charge in [-0.15, -0.1) is 0 Å². The van der Waals surface area contributed by atoms with E-state index in [1.54, 1.807) is 6.92 Å². The highest BCUT2D eigenvalue weighted by atomic mass is 16.2. The molecule has 2 N–H and O–H groups in total. The summed E-state index contributed by atoms with van der Waals surface area (Å²) in [7, 11) is 0. The Morgan fingerprint density at radius 2 is 2.06 bits per heavy atom. The van der Waals surface area contributed by atoms with Crippen molar-refractivity contribution >= 4 is 29.2 Å². The normalized spacial score (nSPS) is 26.8. The second-order valence-corrected chi connectivity index (χ2v) is 8.79. The predicted octanol–water partition coefficient (Wildman–Crippen LogP) is 4.13. The summed E-state index contributed by atoms with van der Waals surface area (Å²) >= 11 is 0. The van der Waals surface area contributed by atoms with Crippen LogP contribution in [0.2, 0.25) is 0 Å². The van der Waals surface area contributed by atoms with Gasteiger partial charge in [-0.3, -0.25) is 9.79 Å². The molecule has 0 spiro atoms. The lowest BCUT2D eigenvalue weighted by molar-refractivity contribution is -0.117. The zero-order valence-corrected chi connectivity index (χ0v) is 18.3. The lowest BCUT2D eigenvalue weighted by atomic mass is 9.81. The second kappa shape index (κ2) is 7.93. The minimum atomic E-state index is 0.0680. The number of rotatable bonds is 4. The van der Waals surface area contributed by atoms with Crippen molar-refractivity contribution in [3.05, 3.63) is 59.3 Å². The number of amides is 1. The molecule has 1 aromatic heterocycles. The number of aromatic nitrogens is 1. The molecule has 0 fully saturated rings. The first-order chi connectivity index (χ1) is 15.0. The number of hydrogen-bond donors (Lipinski definition) is 2. The monoisotopic (exact) mass is 415 g/mol. The average Bonchev–Trinajstić information content (AvgIpc) is 3.63. The lowest BCUT2D eigenvalue weighted by Crippen LogP contribution is -2.48. The van der Waals surface area contributed by atoms with Crippen LogP contribution in [0.3, 0.4) is 0 Å². The number of pyridine rings is 1. The minimum Gasteiger partial charge on any atom is -0.363 e. The first-order valence-corrected chi connectivity index (χ1v) is 11.1. The number of carbonyl (C=O) groups is 1. The van der Waals surface area contributed by atoms with Crippen LogP contribution in [0.25, 0.3) is 5.57 Å². The number of hydrogen-bond acceptors (Lipinski definition) is 5. The third kappa shape index (κ3) is 3.76. The van der Waals surface area contributed by atoms with Crippen LogP contribution in [-0.2, 0) is 4.79 Å². The van der Waals surface area contributed by atoms with Gasteiger partial charge in [0.1, 0.15) is 11.9 Å². The molecule has 31 heavy (non-hydrogen) atoms. The molecule has 4 heterocycles. The van der Waals surface area contributed by atoms with Gasteiger partial charge < -0.3 is 15.5 Å². The molecule has 6 nitrogen and oxygen atoms in total. The summed E-state index contributed by atoms with van der Waals surface area (Å²) in [6, 6.07) is 11.0. The molecule has 2 unspecified atom stereocenters. The SMILES string of the molecule is CC(=O)N1c2ccc(C3=CCNCC3)cc2C(Nc2ccc(C3C=N3)cn2)[C@@H](C)[C@@H]1C. The van der Waals surface area contributed by atoms with Gasteiger partial charge in [-0.05, 0) is 54.8 Å². The molecule has 160 valence electrons. The van der Waals surface area contributed by atoms with Crippen LogP contribution in [0.5, 0.6) is 0 Å². The molecule has 1 aromatic carbocycles. The summed E-state index contributed by atoms with van der Waals surface area (Å²) < 4.78 is 0. The largest absolute Gasteiger partial charge is 0.363 e. The smallest absolute Gasteiger partial charge is 0.224 e. The van der Waals surface area contributed by atoms with Crippen molar-refractivity contribution in [2.24, 2.45) is 10.9 Å². The standard InChI is InChI=1S/C25H29N5O/c1-15-16(2)30(17(3)31)23-6-4-19(18-8-10-26-11-9-18)12-21(23)25(15)29-24-7-5-20(13-28-24)22-14-27-22/h4-8,12-16,22,25-26H,9-11H2,1-3H3,(H,28,29)/t15-,16-,22?,25?/m0/s1. The van der Waals surface area contributed by atoms with Gasteiger partial charge in [-0.25, -0.2) is 4.98 Å². The highest BCUT2D eigenvalue weighted by molar-refractivity contribution is 5.94. The van der Waals surface area contributed by atoms with Crippen molar-refractivity contribution in [1.29, 1.82) is 0 Å². The zero-order chi connectivity index (χ0) is 21.5. The first-order valence-electron chi connectivity index (χ1n) is 11.1. The highest BCUT2D eigenvalue weighted by Crippen LogP contribution is 2.43. The van der Waals surface area contributed by atoms with Gasteiger partial charge in [0.15, 0.2) is 0 Å². The second-order valence-electron chi connectivity index (χ2n) is 8.79. The molecule has 3 aliphatic heterocycles. The van der Waals surface area contributed by atoms with E-state index >= 15 is 0 Å². The van der Waals surface area contributed by atoms with E-state index in [0.717, 1.165) is 42.1 Å². The average molecular weight is 416 g/mol.